The molecule has 5 N–H and O–H groups in total. The first-order valence-electron chi connectivity index (χ1n) is 13.1. The van der Waals surface area contributed by atoms with Crippen LogP contribution >= 0.6 is 35.0 Å². The molecule has 2 saturated heterocycles. The molecule has 2 fully saturated rings. The van der Waals surface area contributed by atoms with Gasteiger partial charge in [0.2, 0.25) is 5.91 Å². The number of rotatable bonds is 12. The number of esters is 1. The maximum absolute atomic E-state index is 13.1. The maximum atomic E-state index is 13.1. The Labute approximate surface area is 243 Å². The number of benzene rings is 1. The number of aliphatic hydroxyl groups is 3. The third kappa shape index (κ3) is 8.67. The number of hydrogen-bond acceptors (Lipinski definition) is 10. The van der Waals surface area contributed by atoms with Crippen molar-refractivity contribution < 1.29 is 39.1 Å². The molecule has 2 heterocycles. The molecule has 0 aromatic heterocycles. The van der Waals surface area contributed by atoms with Gasteiger partial charge in [0, 0.05) is 22.9 Å². The molecule has 0 unspecified atom stereocenters. The molecule has 13 heteroatoms. The molecule has 220 valence electrons. The van der Waals surface area contributed by atoms with E-state index < -0.39 is 48.0 Å². The third-order valence-corrected chi connectivity index (χ3v) is 8.64. The van der Waals surface area contributed by atoms with Gasteiger partial charge in [0.05, 0.1) is 23.8 Å². The van der Waals surface area contributed by atoms with Crippen LogP contribution in [0, 0.1) is 5.92 Å². The fraction of sp³-hybridized carbons (Fsp3) is 0.692. The topological polar surface area (TPSA) is 147 Å². The summed E-state index contributed by atoms with van der Waals surface area (Å²) in [7, 11) is 1.48. The average Bonchev–Trinajstić information content (AvgIpc) is 3.37. The summed E-state index contributed by atoms with van der Waals surface area (Å²) in [6.07, 6.45) is -3.27. The predicted octanol–water partition coefficient (Wildman–Crippen LogP) is 1.99. The van der Waals surface area contributed by atoms with Crippen LogP contribution in [0.2, 0.25) is 10.0 Å². The number of carbonyl (C=O) groups excluding carboxylic acids is 2. The van der Waals surface area contributed by atoms with Crippen LogP contribution in [0.4, 0.5) is 0 Å². The van der Waals surface area contributed by atoms with Crippen molar-refractivity contribution in [3.63, 3.8) is 0 Å². The Hall–Kier alpha value is -1.15. The summed E-state index contributed by atoms with van der Waals surface area (Å²) in [5.74, 6) is -0.213. The van der Waals surface area contributed by atoms with Gasteiger partial charge >= 0.3 is 5.97 Å². The maximum Gasteiger partial charge on any atom is 0.338 e. The van der Waals surface area contributed by atoms with E-state index in [0.29, 0.717) is 22.4 Å². The van der Waals surface area contributed by atoms with Crippen LogP contribution in [-0.4, -0.2) is 101 Å². The highest BCUT2D eigenvalue weighted by Gasteiger charge is 2.49. The predicted molar refractivity (Wildman–Crippen MR) is 149 cm³/mol. The molecular formula is C26H38Cl2N2O8S. The van der Waals surface area contributed by atoms with Gasteiger partial charge in [-0.1, -0.05) is 36.5 Å². The highest BCUT2D eigenvalue weighted by atomic mass is 35.5. The lowest BCUT2D eigenvalue weighted by Gasteiger charge is -2.44. The molecule has 1 aromatic carbocycles. The monoisotopic (exact) mass is 608 g/mol. The lowest BCUT2D eigenvalue weighted by molar-refractivity contribution is -0.212. The SMILES string of the molecule is CCC[C@H]1CN[C@H](C(=O)N[C@@H]([C@H]2O[C@H](SCCOC(=O)c3cc(Cl)cc(Cl)c3)[C@H](O)[C@@H](O)[C@H]2O)[C@@H](C)OC)C1. The number of aliphatic hydroxyl groups excluding tert-OH is 3. The standard InChI is InChI=1S/C26H38Cl2N2O8S/c1-4-5-14-8-18(29-12-14)24(34)30-19(13(2)36-3)23-21(32)20(31)22(33)26(38-23)39-7-6-37-25(35)15-9-16(27)11-17(28)10-15/h9-11,13-14,18-23,26,29,31-33H,4-8,12H2,1-3H3,(H,30,34)/t13-,14-,18+,19-,20+,21-,22-,23-,26-/m1/s1. The van der Waals surface area contributed by atoms with Crippen molar-refractivity contribution in [2.45, 2.75) is 81.1 Å². The van der Waals surface area contributed by atoms with Crippen molar-refractivity contribution >= 4 is 46.8 Å². The highest BCUT2D eigenvalue weighted by Crippen LogP contribution is 2.31. The number of hydrogen-bond donors (Lipinski definition) is 5. The van der Waals surface area contributed by atoms with E-state index in [2.05, 4.69) is 17.6 Å². The van der Waals surface area contributed by atoms with Crippen molar-refractivity contribution in [2.24, 2.45) is 5.92 Å². The summed E-state index contributed by atoms with van der Waals surface area (Å²) in [6.45, 7) is 4.57. The first kappa shape index (κ1) is 32.4. The summed E-state index contributed by atoms with van der Waals surface area (Å²) in [6, 6.07) is 3.20. The van der Waals surface area contributed by atoms with Gasteiger partial charge in [-0.15, -0.1) is 11.8 Å². The summed E-state index contributed by atoms with van der Waals surface area (Å²) in [5.41, 5.74) is -0.760. The van der Waals surface area contributed by atoms with Gasteiger partial charge in [0.15, 0.2) is 0 Å². The number of thioether (sulfide) groups is 1. The Morgan fingerprint density at radius 2 is 1.87 bits per heavy atom. The molecule has 0 bridgehead atoms. The largest absolute Gasteiger partial charge is 0.461 e. The van der Waals surface area contributed by atoms with Crippen molar-refractivity contribution in [3.05, 3.63) is 33.8 Å². The van der Waals surface area contributed by atoms with E-state index in [4.69, 9.17) is 37.4 Å². The minimum Gasteiger partial charge on any atom is -0.461 e. The zero-order valence-corrected chi connectivity index (χ0v) is 24.5. The Morgan fingerprint density at radius 3 is 2.51 bits per heavy atom. The van der Waals surface area contributed by atoms with Crippen molar-refractivity contribution in [2.75, 3.05) is 26.0 Å². The molecule has 9 atom stereocenters. The Bertz CT molecular complexity index is 956. The molecule has 1 aromatic rings. The normalized spacial score (nSPS) is 30.5. The van der Waals surface area contributed by atoms with Crippen LogP contribution in [0.15, 0.2) is 18.2 Å². The summed E-state index contributed by atoms with van der Waals surface area (Å²) in [4.78, 5) is 25.4. The van der Waals surface area contributed by atoms with Gasteiger partial charge in [-0.05, 0) is 50.4 Å². The highest BCUT2D eigenvalue weighted by molar-refractivity contribution is 7.99. The van der Waals surface area contributed by atoms with Crippen molar-refractivity contribution in [1.82, 2.24) is 10.6 Å². The van der Waals surface area contributed by atoms with E-state index in [0.717, 1.165) is 31.1 Å². The summed E-state index contributed by atoms with van der Waals surface area (Å²) in [5, 5.41) is 38.7. The van der Waals surface area contributed by atoms with Gasteiger partial charge in [0.25, 0.3) is 0 Å². The molecule has 0 radical (unpaired) electrons. The van der Waals surface area contributed by atoms with Gasteiger partial charge in [0.1, 0.15) is 36.5 Å². The van der Waals surface area contributed by atoms with Crippen LogP contribution in [0.5, 0.6) is 0 Å². The zero-order chi connectivity index (χ0) is 28.7. The molecule has 2 aliphatic rings. The summed E-state index contributed by atoms with van der Waals surface area (Å²) >= 11 is 13.0. The van der Waals surface area contributed by atoms with Gasteiger partial charge in [-0.3, -0.25) is 4.79 Å². The Kier molecular flexibility index (Phi) is 12.6. The molecule has 0 saturated carbocycles. The molecule has 39 heavy (non-hydrogen) atoms. The van der Waals surface area contributed by atoms with E-state index in [-0.39, 0.29) is 29.9 Å². The number of carbonyl (C=O) groups is 2. The van der Waals surface area contributed by atoms with Crippen LogP contribution < -0.4 is 10.6 Å². The van der Waals surface area contributed by atoms with Crippen LogP contribution in [-0.2, 0) is 19.0 Å². The number of amides is 1. The molecule has 0 aliphatic carbocycles. The van der Waals surface area contributed by atoms with E-state index in [1.807, 2.05) is 0 Å². The van der Waals surface area contributed by atoms with Gasteiger partial charge < -0.3 is 40.2 Å². The number of ether oxygens (including phenoxy) is 3. The molecule has 1 amide bonds. The second kappa shape index (κ2) is 15.2. The van der Waals surface area contributed by atoms with Crippen molar-refractivity contribution in [3.8, 4) is 0 Å². The third-order valence-electron chi connectivity index (χ3n) is 7.08. The van der Waals surface area contributed by atoms with Crippen LogP contribution in [0.1, 0.15) is 43.5 Å². The quantitative estimate of drug-likeness (QED) is 0.176. The Balaban J connectivity index is 1.60. The first-order valence-corrected chi connectivity index (χ1v) is 14.9. The fourth-order valence-corrected chi connectivity index (χ4v) is 6.38. The van der Waals surface area contributed by atoms with Crippen LogP contribution in [0.25, 0.3) is 0 Å². The van der Waals surface area contributed by atoms with Gasteiger partial charge in [-0.25, -0.2) is 4.79 Å². The van der Waals surface area contributed by atoms with E-state index >= 15 is 0 Å². The van der Waals surface area contributed by atoms with Crippen molar-refractivity contribution in [1.29, 1.82) is 0 Å². The average molecular weight is 610 g/mol. The van der Waals surface area contributed by atoms with Gasteiger partial charge in [-0.2, -0.15) is 0 Å². The van der Waals surface area contributed by atoms with E-state index in [9.17, 15) is 24.9 Å². The smallest absolute Gasteiger partial charge is 0.338 e. The second-order valence-corrected chi connectivity index (χ2v) is 12.0. The molecule has 10 nitrogen and oxygen atoms in total. The lowest BCUT2D eigenvalue weighted by Crippen LogP contribution is -2.66. The fourth-order valence-electron chi connectivity index (χ4n) is 4.88. The molecule has 0 spiro atoms. The number of methoxy groups -OCH3 is 1. The first-order chi connectivity index (χ1) is 18.5. The molecular weight excluding hydrogens is 571 g/mol. The minimum atomic E-state index is -1.53. The van der Waals surface area contributed by atoms with E-state index in [1.165, 1.54) is 25.3 Å². The zero-order valence-electron chi connectivity index (χ0n) is 22.2. The lowest BCUT2D eigenvalue weighted by atomic mass is 9.91. The second-order valence-electron chi connectivity index (χ2n) is 9.93. The number of halogens is 2. The molecule has 3 rings (SSSR count). The van der Waals surface area contributed by atoms with Crippen LogP contribution in [0.3, 0.4) is 0 Å². The van der Waals surface area contributed by atoms with E-state index in [1.54, 1.807) is 6.92 Å². The Morgan fingerprint density at radius 1 is 1.18 bits per heavy atom. The summed E-state index contributed by atoms with van der Waals surface area (Å²) < 4.78 is 16.8. The number of nitrogens with one attached hydrogen (secondary N) is 2. The minimum absolute atomic E-state index is 0.0234. The molecule has 2 aliphatic heterocycles.